The molecular weight excluding hydrogens is 342 g/mol. The molecule has 3 aliphatic heterocycles. The molecule has 2 saturated heterocycles. The standard InChI is InChI=1S/C20H29N5O2/c1-25-7-6-16-17(10-21)19(22-11-14-4-2-8-26-14)24-20(18(16)13-25)23-12-15-5-3-9-27-15/h14-15H,2-9,11-13H2,1H3,(H2,22,23,24)/t14-,15-/m0/s1. The van der Waals surface area contributed by atoms with Crippen molar-refractivity contribution >= 4 is 11.6 Å². The van der Waals surface area contributed by atoms with Gasteiger partial charge in [0.2, 0.25) is 0 Å². The number of nitriles is 1. The molecule has 0 saturated carbocycles. The Hall–Kier alpha value is -1.88. The van der Waals surface area contributed by atoms with Crippen LogP contribution in [0.15, 0.2) is 0 Å². The number of hydrogen-bond donors (Lipinski definition) is 2. The summed E-state index contributed by atoms with van der Waals surface area (Å²) in [6.45, 7) is 4.92. The Labute approximate surface area is 161 Å². The van der Waals surface area contributed by atoms with Crippen LogP contribution in [0.5, 0.6) is 0 Å². The van der Waals surface area contributed by atoms with Gasteiger partial charge in [0.15, 0.2) is 0 Å². The predicted molar refractivity (Wildman–Crippen MR) is 104 cm³/mol. The second kappa shape index (κ2) is 8.42. The molecule has 4 rings (SSSR count). The van der Waals surface area contributed by atoms with Gasteiger partial charge in [0.1, 0.15) is 17.7 Å². The monoisotopic (exact) mass is 371 g/mol. The van der Waals surface area contributed by atoms with Crippen LogP contribution in [0, 0.1) is 11.3 Å². The van der Waals surface area contributed by atoms with Crippen molar-refractivity contribution < 1.29 is 9.47 Å². The second-order valence-electron chi connectivity index (χ2n) is 7.77. The number of nitrogens with zero attached hydrogens (tertiary/aromatic N) is 3. The summed E-state index contributed by atoms with van der Waals surface area (Å²) in [5, 5.41) is 16.7. The van der Waals surface area contributed by atoms with Crippen LogP contribution < -0.4 is 10.6 Å². The van der Waals surface area contributed by atoms with Crippen LogP contribution >= 0.6 is 0 Å². The fraction of sp³-hybridized carbons (Fsp3) is 0.700. The van der Waals surface area contributed by atoms with E-state index in [0.717, 1.165) is 81.9 Å². The van der Waals surface area contributed by atoms with Crippen molar-refractivity contribution in [2.45, 2.75) is 50.9 Å². The highest BCUT2D eigenvalue weighted by Crippen LogP contribution is 2.32. The Morgan fingerprint density at radius 3 is 2.33 bits per heavy atom. The molecule has 0 unspecified atom stereocenters. The lowest BCUT2D eigenvalue weighted by atomic mass is 9.95. The Kier molecular flexibility index (Phi) is 5.77. The number of pyridine rings is 1. The van der Waals surface area contributed by atoms with E-state index in [4.69, 9.17) is 14.5 Å². The lowest BCUT2D eigenvalue weighted by molar-refractivity contribution is 0.120. The second-order valence-corrected chi connectivity index (χ2v) is 7.77. The molecule has 2 N–H and O–H groups in total. The summed E-state index contributed by atoms with van der Waals surface area (Å²) in [6, 6.07) is 2.40. The lowest BCUT2D eigenvalue weighted by Crippen LogP contribution is -2.30. The van der Waals surface area contributed by atoms with Crippen molar-refractivity contribution in [3.63, 3.8) is 0 Å². The summed E-state index contributed by atoms with van der Waals surface area (Å²) in [7, 11) is 2.11. The van der Waals surface area contributed by atoms with Crippen LogP contribution in [-0.4, -0.2) is 62.0 Å². The van der Waals surface area contributed by atoms with Gasteiger partial charge in [-0.3, -0.25) is 0 Å². The van der Waals surface area contributed by atoms with Gasteiger partial charge in [-0.2, -0.15) is 5.26 Å². The fourth-order valence-corrected chi connectivity index (χ4v) is 4.20. The summed E-state index contributed by atoms with van der Waals surface area (Å²) in [5.74, 6) is 1.58. The number of rotatable bonds is 6. The molecule has 3 aliphatic rings. The van der Waals surface area contributed by atoms with Gasteiger partial charge in [-0.25, -0.2) is 4.98 Å². The van der Waals surface area contributed by atoms with E-state index in [1.165, 1.54) is 0 Å². The summed E-state index contributed by atoms with van der Waals surface area (Å²) < 4.78 is 11.5. The maximum Gasteiger partial charge on any atom is 0.146 e. The van der Waals surface area contributed by atoms with E-state index in [9.17, 15) is 5.26 Å². The smallest absolute Gasteiger partial charge is 0.146 e. The zero-order valence-corrected chi connectivity index (χ0v) is 16.1. The van der Waals surface area contributed by atoms with Crippen LogP contribution in [0.4, 0.5) is 11.6 Å². The van der Waals surface area contributed by atoms with E-state index in [1.54, 1.807) is 0 Å². The normalized spacial score (nSPS) is 25.2. The molecule has 7 heteroatoms. The highest BCUT2D eigenvalue weighted by atomic mass is 16.5. The summed E-state index contributed by atoms with van der Waals surface area (Å²) >= 11 is 0. The van der Waals surface area contributed by atoms with E-state index >= 15 is 0 Å². The van der Waals surface area contributed by atoms with E-state index < -0.39 is 0 Å². The van der Waals surface area contributed by atoms with Crippen molar-refractivity contribution in [1.82, 2.24) is 9.88 Å². The van der Waals surface area contributed by atoms with Crippen molar-refractivity contribution in [1.29, 1.82) is 5.26 Å². The zero-order valence-electron chi connectivity index (χ0n) is 16.1. The third-order valence-corrected chi connectivity index (χ3v) is 5.74. The van der Waals surface area contributed by atoms with Crippen LogP contribution in [-0.2, 0) is 22.4 Å². The fourth-order valence-electron chi connectivity index (χ4n) is 4.20. The molecule has 0 aromatic carbocycles. The number of nitrogens with one attached hydrogen (secondary N) is 2. The Morgan fingerprint density at radius 2 is 1.74 bits per heavy atom. The Balaban J connectivity index is 1.58. The topological polar surface area (TPSA) is 82.4 Å². The molecule has 0 aliphatic carbocycles. The lowest BCUT2D eigenvalue weighted by Gasteiger charge is -2.29. The highest BCUT2D eigenvalue weighted by Gasteiger charge is 2.26. The molecule has 0 spiro atoms. The minimum Gasteiger partial charge on any atom is -0.376 e. The predicted octanol–water partition coefficient (Wildman–Crippen LogP) is 2.12. The van der Waals surface area contributed by atoms with Gasteiger partial charge in [-0.1, -0.05) is 0 Å². The third-order valence-electron chi connectivity index (χ3n) is 5.74. The van der Waals surface area contributed by atoms with E-state index in [2.05, 4.69) is 28.7 Å². The van der Waals surface area contributed by atoms with Gasteiger partial charge in [-0.05, 0) is 44.7 Å². The van der Waals surface area contributed by atoms with Crippen LogP contribution in [0.1, 0.15) is 42.4 Å². The van der Waals surface area contributed by atoms with Crippen molar-refractivity contribution in [2.75, 3.05) is 50.5 Å². The van der Waals surface area contributed by atoms with E-state index in [-0.39, 0.29) is 12.2 Å². The van der Waals surface area contributed by atoms with Crippen molar-refractivity contribution in [2.24, 2.45) is 0 Å². The summed E-state index contributed by atoms with van der Waals surface area (Å²) in [4.78, 5) is 7.11. The zero-order chi connectivity index (χ0) is 18.6. The van der Waals surface area contributed by atoms with Crippen LogP contribution in [0.25, 0.3) is 0 Å². The van der Waals surface area contributed by atoms with Crippen molar-refractivity contribution in [3.8, 4) is 6.07 Å². The maximum absolute atomic E-state index is 9.81. The first-order valence-corrected chi connectivity index (χ1v) is 10.1. The maximum atomic E-state index is 9.81. The van der Waals surface area contributed by atoms with Crippen LogP contribution in [0.3, 0.4) is 0 Å². The number of ether oxygens (including phenoxy) is 2. The molecule has 7 nitrogen and oxygen atoms in total. The molecule has 146 valence electrons. The quantitative estimate of drug-likeness (QED) is 0.792. The largest absolute Gasteiger partial charge is 0.376 e. The molecule has 0 radical (unpaired) electrons. The Morgan fingerprint density at radius 1 is 1.07 bits per heavy atom. The number of anilines is 2. The van der Waals surface area contributed by atoms with Gasteiger partial charge in [-0.15, -0.1) is 0 Å². The first-order valence-electron chi connectivity index (χ1n) is 10.1. The van der Waals surface area contributed by atoms with Gasteiger partial charge in [0.25, 0.3) is 0 Å². The molecule has 27 heavy (non-hydrogen) atoms. The number of aromatic nitrogens is 1. The van der Waals surface area contributed by atoms with Gasteiger partial charge < -0.3 is 25.0 Å². The molecule has 2 atom stereocenters. The Bertz CT molecular complexity index is 705. The number of fused-ring (bicyclic) bond motifs is 1. The number of likely N-dealkylation sites (N-methyl/N-ethyl adjacent to an activating group) is 1. The van der Waals surface area contributed by atoms with Gasteiger partial charge in [0, 0.05) is 45.0 Å². The summed E-state index contributed by atoms with van der Waals surface area (Å²) in [5.41, 5.74) is 2.98. The minimum atomic E-state index is 0.212. The molecule has 4 heterocycles. The molecule has 0 amide bonds. The molecule has 1 aromatic rings. The average molecular weight is 371 g/mol. The average Bonchev–Trinajstić information content (AvgIpc) is 3.38. The number of hydrogen-bond acceptors (Lipinski definition) is 7. The molecular formula is C20H29N5O2. The summed E-state index contributed by atoms with van der Waals surface area (Å²) in [6.07, 6.45) is 5.73. The van der Waals surface area contributed by atoms with Crippen molar-refractivity contribution in [3.05, 3.63) is 16.7 Å². The first kappa shape index (κ1) is 18.5. The van der Waals surface area contributed by atoms with E-state index in [0.29, 0.717) is 17.9 Å². The molecule has 0 bridgehead atoms. The molecule has 1 aromatic heterocycles. The third kappa shape index (κ3) is 4.18. The van der Waals surface area contributed by atoms with Gasteiger partial charge >= 0.3 is 0 Å². The SMILES string of the molecule is CN1CCc2c(C#N)c(NC[C@@H]3CCCO3)nc(NC[C@@H]3CCCO3)c2C1. The highest BCUT2D eigenvalue weighted by molar-refractivity contribution is 5.66. The molecule has 2 fully saturated rings. The van der Waals surface area contributed by atoms with E-state index in [1.807, 2.05) is 0 Å². The first-order chi connectivity index (χ1) is 13.2. The minimum absolute atomic E-state index is 0.212. The van der Waals surface area contributed by atoms with Gasteiger partial charge in [0.05, 0.1) is 17.8 Å². The van der Waals surface area contributed by atoms with Crippen LogP contribution in [0.2, 0.25) is 0 Å².